The summed E-state index contributed by atoms with van der Waals surface area (Å²) < 4.78 is 0. The second-order valence-electron chi connectivity index (χ2n) is 11.1. The van der Waals surface area contributed by atoms with Crippen molar-refractivity contribution in [3.8, 4) is 0 Å². The molecule has 0 heterocycles. The van der Waals surface area contributed by atoms with Crippen LogP contribution in [0, 0.1) is 29.1 Å². The molecule has 0 aliphatic heterocycles. The van der Waals surface area contributed by atoms with Crippen LogP contribution in [0.25, 0.3) is 0 Å². The smallest absolute Gasteiger partial charge is 0.0811 e. The fourth-order valence-corrected chi connectivity index (χ4v) is 7.03. The second-order valence-corrected chi connectivity index (χ2v) is 11.1. The van der Waals surface area contributed by atoms with E-state index in [1.54, 1.807) is 5.57 Å². The van der Waals surface area contributed by atoms with Crippen LogP contribution in [0.2, 0.25) is 0 Å². The molecule has 4 aliphatic rings. The van der Waals surface area contributed by atoms with Gasteiger partial charge in [0.25, 0.3) is 0 Å². The Morgan fingerprint density at radius 3 is 2.63 bits per heavy atom. The van der Waals surface area contributed by atoms with Crippen molar-refractivity contribution in [1.29, 1.82) is 0 Å². The predicted octanol–water partition coefficient (Wildman–Crippen LogP) is 5.31. The van der Waals surface area contributed by atoms with E-state index >= 15 is 0 Å². The highest BCUT2D eigenvalue weighted by Gasteiger charge is 2.50. The van der Waals surface area contributed by atoms with Crippen LogP contribution in [-0.2, 0) is 0 Å². The van der Waals surface area contributed by atoms with Crippen LogP contribution in [-0.4, -0.2) is 33.6 Å². The lowest BCUT2D eigenvalue weighted by molar-refractivity contribution is 0.0784. The molecule has 4 aliphatic carbocycles. The van der Waals surface area contributed by atoms with Gasteiger partial charge in [-0.3, -0.25) is 0 Å². The maximum absolute atomic E-state index is 10.3. The van der Waals surface area contributed by atoms with Gasteiger partial charge >= 0.3 is 0 Å². The minimum absolute atomic E-state index is 0.0693. The van der Waals surface area contributed by atoms with E-state index in [1.807, 2.05) is 0 Å². The first kappa shape index (κ1) is 22.3. The SMILES string of the molecule is C=C1/C(=C\C=C2/CCCC3(C)C2CCC3C(C)CCC(O)C2CC2)CC(O)CC1O. The van der Waals surface area contributed by atoms with E-state index in [-0.39, 0.29) is 6.10 Å². The van der Waals surface area contributed by atoms with Gasteiger partial charge in [-0.25, -0.2) is 0 Å². The Morgan fingerprint density at radius 2 is 1.90 bits per heavy atom. The molecule has 0 spiro atoms. The van der Waals surface area contributed by atoms with Gasteiger partial charge in [0.2, 0.25) is 0 Å². The van der Waals surface area contributed by atoms with E-state index in [4.69, 9.17) is 0 Å². The Labute approximate surface area is 183 Å². The van der Waals surface area contributed by atoms with Gasteiger partial charge in [-0.2, -0.15) is 0 Å². The summed E-state index contributed by atoms with van der Waals surface area (Å²) in [7, 11) is 0. The van der Waals surface area contributed by atoms with Gasteiger partial charge in [0.1, 0.15) is 0 Å². The van der Waals surface area contributed by atoms with E-state index in [2.05, 4.69) is 32.6 Å². The molecule has 0 bridgehead atoms. The molecule has 0 aromatic rings. The van der Waals surface area contributed by atoms with Crippen molar-refractivity contribution in [2.45, 2.75) is 103 Å². The molecule has 0 aromatic heterocycles. The molecule has 4 rings (SSSR count). The Morgan fingerprint density at radius 1 is 1.13 bits per heavy atom. The summed E-state index contributed by atoms with van der Waals surface area (Å²) in [5, 5.41) is 30.5. The first-order chi connectivity index (χ1) is 14.3. The molecule has 168 valence electrons. The van der Waals surface area contributed by atoms with Crippen molar-refractivity contribution < 1.29 is 15.3 Å². The molecule has 4 fully saturated rings. The fourth-order valence-electron chi connectivity index (χ4n) is 7.03. The van der Waals surface area contributed by atoms with Crippen LogP contribution < -0.4 is 0 Å². The van der Waals surface area contributed by atoms with E-state index < -0.39 is 12.2 Å². The van der Waals surface area contributed by atoms with Gasteiger partial charge in [-0.15, -0.1) is 0 Å². The molecule has 0 aromatic carbocycles. The zero-order chi connectivity index (χ0) is 21.5. The number of rotatable bonds is 6. The lowest BCUT2D eigenvalue weighted by Crippen LogP contribution is -2.36. The van der Waals surface area contributed by atoms with Gasteiger partial charge in [-0.05, 0) is 104 Å². The minimum atomic E-state index is -0.613. The first-order valence-corrected chi connectivity index (χ1v) is 12.4. The Balaban J connectivity index is 1.44. The van der Waals surface area contributed by atoms with E-state index in [0.717, 1.165) is 29.9 Å². The molecule has 3 heteroatoms. The number of fused-ring (bicyclic) bond motifs is 1. The largest absolute Gasteiger partial charge is 0.393 e. The zero-order valence-corrected chi connectivity index (χ0v) is 19.0. The van der Waals surface area contributed by atoms with Crippen LogP contribution in [0.3, 0.4) is 0 Å². The zero-order valence-electron chi connectivity index (χ0n) is 19.0. The molecule has 7 atom stereocenters. The summed E-state index contributed by atoms with van der Waals surface area (Å²) in [4.78, 5) is 0. The van der Waals surface area contributed by atoms with Crippen molar-refractivity contribution in [3.05, 3.63) is 35.5 Å². The normalized spacial score (nSPS) is 41.8. The highest BCUT2D eigenvalue weighted by atomic mass is 16.3. The summed E-state index contributed by atoms with van der Waals surface area (Å²) in [5.74, 6) is 2.66. The number of aliphatic hydroxyl groups is 3. The van der Waals surface area contributed by atoms with E-state index in [1.165, 1.54) is 44.9 Å². The summed E-state index contributed by atoms with van der Waals surface area (Å²) >= 11 is 0. The molecule has 0 saturated heterocycles. The van der Waals surface area contributed by atoms with Crippen molar-refractivity contribution in [1.82, 2.24) is 0 Å². The Bertz CT molecular complexity index is 703. The number of hydrogen-bond acceptors (Lipinski definition) is 3. The molecule has 3 nitrogen and oxygen atoms in total. The van der Waals surface area contributed by atoms with Crippen molar-refractivity contribution in [2.24, 2.45) is 29.1 Å². The molecule has 3 N–H and O–H groups in total. The Hall–Kier alpha value is -0.900. The average Bonchev–Trinajstić information content (AvgIpc) is 3.49. The summed E-state index contributed by atoms with van der Waals surface area (Å²) in [6.45, 7) is 9.01. The quantitative estimate of drug-likeness (QED) is 0.552. The molecule has 0 radical (unpaired) electrons. The van der Waals surface area contributed by atoms with Crippen LogP contribution in [0.4, 0.5) is 0 Å². The van der Waals surface area contributed by atoms with Gasteiger partial charge in [-0.1, -0.05) is 38.2 Å². The third-order valence-electron chi connectivity index (χ3n) is 9.07. The topological polar surface area (TPSA) is 60.7 Å². The van der Waals surface area contributed by atoms with Gasteiger partial charge in [0.05, 0.1) is 18.3 Å². The van der Waals surface area contributed by atoms with Gasteiger partial charge in [0.15, 0.2) is 0 Å². The first-order valence-electron chi connectivity index (χ1n) is 12.4. The van der Waals surface area contributed by atoms with Crippen molar-refractivity contribution in [3.63, 3.8) is 0 Å². The number of hydrogen-bond donors (Lipinski definition) is 3. The third-order valence-corrected chi connectivity index (χ3v) is 9.07. The lowest BCUT2D eigenvalue weighted by atomic mass is 9.60. The molecule has 7 unspecified atom stereocenters. The molecule has 0 amide bonds. The van der Waals surface area contributed by atoms with Crippen LogP contribution in [0.15, 0.2) is 35.5 Å². The lowest BCUT2D eigenvalue weighted by Gasteiger charge is -2.44. The summed E-state index contributed by atoms with van der Waals surface area (Å²) in [6.07, 6.45) is 15.2. The molecule has 4 saturated carbocycles. The fraction of sp³-hybridized carbons (Fsp3) is 0.778. The highest BCUT2D eigenvalue weighted by Crippen LogP contribution is 2.60. The van der Waals surface area contributed by atoms with Crippen molar-refractivity contribution >= 4 is 0 Å². The second kappa shape index (κ2) is 8.92. The Kier molecular flexibility index (Phi) is 6.63. The average molecular weight is 415 g/mol. The summed E-state index contributed by atoms with van der Waals surface area (Å²) in [6, 6.07) is 0. The molecular formula is C27H42O3. The number of aliphatic hydroxyl groups excluding tert-OH is 3. The van der Waals surface area contributed by atoms with Gasteiger partial charge < -0.3 is 15.3 Å². The summed E-state index contributed by atoms with van der Waals surface area (Å²) in [5.41, 5.74) is 3.72. The van der Waals surface area contributed by atoms with Crippen LogP contribution >= 0.6 is 0 Å². The van der Waals surface area contributed by atoms with Crippen LogP contribution in [0.5, 0.6) is 0 Å². The predicted molar refractivity (Wildman–Crippen MR) is 122 cm³/mol. The van der Waals surface area contributed by atoms with Gasteiger partial charge in [0, 0.05) is 6.42 Å². The van der Waals surface area contributed by atoms with E-state index in [9.17, 15) is 15.3 Å². The van der Waals surface area contributed by atoms with Crippen LogP contribution in [0.1, 0.15) is 84.5 Å². The molecular weight excluding hydrogens is 372 g/mol. The minimum Gasteiger partial charge on any atom is -0.393 e. The maximum Gasteiger partial charge on any atom is 0.0811 e. The third kappa shape index (κ3) is 4.49. The van der Waals surface area contributed by atoms with E-state index in [0.29, 0.717) is 36.0 Å². The standard InChI is InChI=1S/C27H42O3/c1-17(6-13-25(29)20-8-9-20)23-11-12-24-19(5-4-14-27(23,24)3)7-10-21-15-22(28)16-26(30)18(21)2/h7,10,17,20,22-26,28-30H,2,4-6,8-9,11-16H2,1,3H3/b19-7+,21-10-. The number of allylic oxidation sites excluding steroid dienone is 3. The highest BCUT2D eigenvalue weighted by molar-refractivity contribution is 5.38. The maximum atomic E-state index is 10.3. The van der Waals surface area contributed by atoms with Crippen molar-refractivity contribution in [2.75, 3.05) is 0 Å². The monoisotopic (exact) mass is 414 g/mol. The molecule has 30 heavy (non-hydrogen) atoms.